The van der Waals surface area contributed by atoms with E-state index in [9.17, 15) is 0 Å². The summed E-state index contributed by atoms with van der Waals surface area (Å²) in [6, 6.07) is 0. The molecule has 0 aliphatic heterocycles. The average Bonchev–Trinajstić information content (AvgIpc) is 3.23. The van der Waals surface area contributed by atoms with Gasteiger partial charge in [0.05, 0.1) is 0 Å². The van der Waals surface area contributed by atoms with Crippen LogP contribution in [0.25, 0.3) is 0 Å². The summed E-state index contributed by atoms with van der Waals surface area (Å²) in [6.07, 6.45) is 21.7. The van der Waals surface area contributed by atoms with Gasteiger partial charge in [0.15, 0.2) is 0 Å². The van der Waals surface area contributed by atoms with Crippen molar-refractivity contribution in [3.8, 4) is 0 Å². The first-order valence-electron chi connectivity index (χ1n) is 11.3. The average molecular weight is 317 g/mol. The van der Waals surface area contributed by atoms with Crippen molar-refractivity contribution in [2.45, 2.75) is 104 Å². The highest BCUT2D eigenvalue weighted by Gasteiger charge is 2.54. The molecule has 0 amide bonds. The van der Waals surface area contributed by atoms with Crippen molar-refractivity contribution in [1.82, 2.24) is 0 Å². The quantitative estimate of drug-likeness (QED) is 0.513. The van der Waals surface area contributed by atoms with Gasteiger partial charge >= 0.3 is 0 Å². The second kappa shape index (κ2) is 6.72. The molecule has 0 nitrogen and oxygen atoms in total. The van der Waals surface area contributed by atoms with Crippen LogP contribution in [0, 0.1) is 40.9 Å². The zero-order valence-electron chi connectivity index (χ0n) is 15.9. The Labute approximate surface area is 145 Å². The van der Waals surface area contributed by atoms with E-state index in [0.29, 0.717) is 5.41 Å². The van der Waals surface area contributed by atoms with Crippen molar-refractivity contribution in [1.29, 1.82) is 0 Å². The molecule has 0 heterocycles. The molecule has 0 heteroatoms. The SMILES string of the molecule is CCC(CC)(C1CC[C@@H]2CCCC[C@H]12)[C@H]1CC[C@@H]2CCCC[C@@H]21. The third kappa shape index (κ3) is 2.62. The Hall–Kier alpha value is 0. The molecule has 4 rings (SSSR count). The van der Waals surface area contributed by atoms with Gasteiger partial charge < -0.3 is 0 Å². The van der Waals surface area contributed by atoms with Crippen LogP contribution < -0.4 is 0 Å². The number of hydrogen-bond acceptors (Lipinski definition) is 0. The summed E-state index contributed by atoms with van der Waals surface area (Å²) in [6.45, 7) is 5.13. The molecule has 0 saturated heterocycles. The van der Waals surface area contributed by atoms with Crippen molar-refractivity contribution in [3.05, 3.63) is 0 Å². The Morgan fingerprint density at radius 1 is 0.565 bits per heavy atom. The standard InChI is InChI=1S/C23H40/c1-3-23(4-2,21-15-13-17-9-5-7-11-19(17)21)22-16-14-18-10-6-8-12-20(18)22/h17-22H,3-16H2,1-2H3/t17-,18-,19-,20-,21-,22?/m0/s1. The van der Waals surface area contributed by atoms with E-state index in [1.54, 1.807) is 51.4 Å². The van der Waals surface area contributed by atoms with Crippen LogP contribution in [0.15, 0.2) is 0 Å². The third-order valence-corrected chi connectivity index (χ3v) is 9.46. The molecule has 23 heavy (non-hydrogen) atoms. The van der Waals surface area contributed by atoms with Crippen LogP contribution in [0.2, 0.25) is 0 Å². The third-order valence-electron chi connectivity index (χ3n) is 9.46. The zero-order chi connectivity index (χ0) is 15.9. The Bertz CT molecular complexity index is 359. The van der Waals surface area contributed by atoms with E-state index < -0.39 is 0 Å². The van der Waals surface area contributed by atoms with Crippen LogP contribution in [0.1, 0.15) is 104 Å². The highest BCUT2D eigenvalue weighted by molar-refractivity contribution is 5.04. The van der Waals surface area contributed by atoms with Crippen LogP contribution in [-0.4, -0.2) is 0 Å². The number of fused-ring (bicyclic) bond motifs is 2. The van der Waals surface area contributed by atoms with E-state index in [1.165, 1.54) is 38.5 Å². The van der Waals surface area contributed by atoms with Gasteiger partial charge in [-0.15, -0.1) is 0 Å². The molecule has 0 spiro atoms. The molecule has 6 atom stereocenters. The van der Waals surface area contributed by atoms with Crippen LogP contribution in [-0.2, 0) is 0 Å². The first kappa shape index (κ1) is 16.5. The molecule has 1 unspecified atom stereocenters. The lowest BCUT2D eigenvalue weighted by Gasteiger charge is -2.50. The molecular weight excluding hydrogens is 276 g/mol. The van der Waals surface area contributed by atoms with Crippen LogP contribution >= 0.6 is 0 Å². The van der Waals surface area contributed by atoms with Gasteiger partial charge in [0.1, 0.15) is 0 Å². The molecule has 4 fully saturated rings. The first-order chi connectivity index (χ1) is 11.3. The molecular formula is C23H40. The van der Waals surface area contributed by atoms with E-state index in [-0.39, 0.29) is 0 Å². The Kier molecular flexibility index (Phi) is 4.81. The lowest BCUT2D eigenvalue weighted by atomic mass is 9.55. The monoisotopic (exact) mass is 316 g/mol. The summed E-state index contributed by atoms with van der Waals surface area (Å²) in [5, 5.41) is 0. The molecule has 0 aromatic rings. The van der Waals surface area contributed by atoms with E-state index in [1.807, 2.05) is 0 Å². The van der Waals surface area contributed by atoms with E-state index in [2.05, 4.69) is 13.8 Å². The predicted molar refractivity (Wildman–Crippen MR) is 99.4 cm³/mol. The van der Waals surface area contributed by atoms with Crippen molar-refractivity contribution >= 4 is 0 Å². The molecule has 0 bridgehead atoms. The highest BCUT2D eigenvalue weighted by atomic mass is 14.6. The second-order valence-corrected chi connectivity index (χ2v) is 9.72. The molecule has 0 radical (unpaired) electrons. The topological polar surface area (TPSA) is 0 Å². The molecule has 4 aliphatic rings. The fourth-order valence-electron chi connectivity index (χ4n) is 8.47. The van der Waals surface area contributed by atoms with Crippen molar-refractivity contribution in [2.24, 2.45) is 40.9 Å². The Morgan fingerprint density at radius 2 is 1.00 bits per heavy atom. The van der Waals surface area contributed by atoms with E-state index >= 15 is 0 Å². The Balaban J connectivity index is 1.61. The smallest absolute Gasteiger partial charge is 0.0241 e. The van der Waals surface area contributed by atoms with Gasteiger partial charge in [-0.1, -0.05) is 52.4 Å². The zero-order valence-corrected chi connectivity index (χ0v) is 15.9. The van der Waals surface area contributed by atoms with Crippen molar-refractivity contribution in [3.63, 3.8) is 0 Å². The highest BCUT2D eigenvalue weighted by Crippen LogP contribution is 2.63. The maximum atomic E-state index is 2.57. The summed E-state index contributed by atoms with van der Waals surface area (Å²) < 4.78 is 0. The minimum Gasteiger partial charge on any atom is -0.0648 e. The Morgan fingerprint density at radius 3 is 1.43 bits per heavy atom. The summed E-state index contributed by atoms with van der Waals surface area (Å²) in [5.41, 5.74) is 0.716. The fourth-order valence-corrected chi connectivity index (χ4v) is 8.47. The number of hydrogen-bond donors (Lipinski definition) is 0. The summed E-state index contributed by atoms with van der Waals surface area (Å²) in [5.74, 6) is 6.66. The van der Waals surface area contributed by atoms with Gasteiger partial charge in [-0.25, -0.2) is 0 Å². The molecule has 0 aromatic heterocycles. The lowest BCUT2D eigenvalue weighted by Crippen LogP contribution is -2.43. The second-order valence-electron chi connectivity index (χ2n) is 9.72. The normalized spacial score (nSPS) is 44.1. The van der Waals surface area contributed by atoms with Crippen molar-refractivity contribution in [2.75, 3.05) is 0 Å². The molecule has 4 saturated carbocycles. The summed E-state index contributed by atoms with van der Waals surface area (Å²) in [7, 11) is 0. The van der Waals surface area contributed by atoms with Gasteiger partial charge in [0.2, 0.25) is 0 Å². The van der Waals surface area contributed by atoms with Crippen molar-refractivity contribution < 1.29 is 0 Å². The van der Waals surface area contributed by atoms with E-state index in [0.717, 1.165) is 35.5 Å². The van der Waals surface area contributed by atoms with Crippen LogP contribution in [0.3, 0.4) is 0 Å². The maximum Gasteiger partial charge on any atom is -0.0241 e. The largest absolute Gasteiger partial charge is 0.0648 e. The van der Waals surface area contributed by atoms with Gasteiger partial charge in [-0.2, -0.15) is 0 Å². The maximum absolute atomic E-state index is 2.57. The van der Waals surface area contributed by atoms with Crippen LogP contribution in [0.5, 0.6) is 0 Å². The van der Waals surface area contributed by atoms with Gasteiger partial charge in [0, 0.05) is 0 Å². The fraction of sp³-hybridized carbons (Fsp3) is 1.00. The summed E-state index contributed by atoms with van der Waals surface area (Å²) >= 11 is 0. The lowest BCUT2D eigenvalue weighted by molar-refractivity contribution is -0.0118. The minimum absolute atomic E-state index is 0.716. The molecule has 0 aromatic carbocycles. The molecule has 0 N–H and O–H groups in total. The molecule has 4 aliphatic carbocycles. The first-order valence-corrected chi connectivity index (χ1v) is 11.3. The van der Waals surface area contributed by atoms with Gasteiger partial charge in [-0.05, 0) is 92.3 Å². The van der Waals surface area contributed by atoms with Gasteiger partial charge in [0.25, 0.3) is 0 Å². The summed E-state index contributed by atoms with van der Waals surface area (Å²) in [4.78, 5) is 0. The van der Waals surface area contributed by atoms with E-state index in [4.69, 9.17) is 0 Å². The van der Waals surface area contributed by atoms with Crippen LogP contribution in [0.4, 0.5) is 0 Å². The van der Waals surface area contributed by atoms with Gasteiger partial charge in [-0.3, -0.25) is 0 Å². The predicted octanol–water partition coefficient (Wildman–Crippen LogP) is 7.23. The minimum atomic E-state index is 0.716. The molecule has 132 valence electrons. The number of rotatable bonds is 4.